The molecule has 2 rings (SSSR count). The Morgan fingerprint density at radius 3 is 3.15 bits per heavy atom. The van der Waals surface area contributed by atoms with Gasteiger partial charge in [-0.2, -0.15) is 0 Å². The van der Waals surface area contributed by atoms with E-state index in [1.807, 2.05) is 12.3 Å². The van der Waals surface area contributed by atoms with Gasteiger partial charge in [-0.25, -0.2) is 0 Å². The fourth-order valence-electron chi connectivity index (χ4n) is 2.28. The van der Waals surface area contributed by atoms with Gasteiger partial charge in [0, 0.05) is 24.7 Å². The molecule has 3 N–H and O–H groups in total. The Kier molecular flexibility index (Phi) is 2.76. The molecule has 1 unspecified atom stereocenters. The van der Waals surface area contributed by atoms with Crippen LogP contribution < -0.4 is 11.1 Å². The van der Waals surface area contributed by atoms with E-state index in [9.17, 15) is 0 Å². The average molecular weight is 179 g/mol. The molecule has 0 amide bonds. The van der Waals surface area contributed by atoms with Crippen molar-refractivity contribution in [2.45, 2.75) is 12.5 Å². The third-order valence-electron chi connectivity index (χ3n) is 3.03. The van der Waals surface area contributed by atoms with E-state index < -0.39 is 0 Å². The van der Waals surface area contributed by atoms with Crippen LogP contribution in [0.1, 0.15) is 6.42 Å². The summed E-state index contributed by atoms with van der Waals surface area (Å²) in [5, 5.41) is 3.52. The van der Waals surface area contributed by atoms with Crippen LogP contribution >= 0.6 is 0 Å². The first kappa shape index (κ1) is 8.91. The summed E-state index contributed by atoms with van der Waals surface area (Å²) in [6.07, 6.45) is 7.39. The number of rotatable bonds is 2. The van der Waals surface area contributed by atoms with Crippen molar-refractivity contribution in [1.29, 1.82) is 0 Å². The monoisotopic (exact) mass is 179 g/mol. The predicted octanol–water partition coefficient (Wildman–Crippen LogP) is 0.180. The molecule has 0 bridgehead atoms. The summed E-state index contributed by atoms with van der Waals surface area (Å²) >= 11 is 0. The van der Waals surface area contributed by atoms with Crippen LogP contribution in [0.15, 0.2) is 17.1 Å². The zero-order valence-electron chi connectivity index (χ0n) is 7.82. The van der Waals surface area contributed by atoms with Crippen LogP contribution in [-0.4, -0.2) is 31.9 Å². The summed E-state index contributed by atoms with van der Waals surface area (Å²) in [6.45, 7) is 2.83. The van der Waals surface area contributed by atoms with Crippen LogP contribution in [0.25, 0.3) is 0 Å². The van der Waals surface area contributed by atoms with Crippen LogP contribution in [0.4, 0.5) is 0 Å². The number of nitrogens with zero attached hydrogens (tertiary/aromatic N) is 1. The summed E-state index contributed by atoms with van der Waals surface area (Å²) in [6, 6.07) is 0.554. The van der Waals surface area contributed by atoms with Gasteiger partial charge in [0.05, 0.1) is 0 Å². The number of hydrogen-bond acceptors (Lipinski definition) is 3. The molecule has 13 heavy (non-hydrogen) atoms. The standard InChI is InChI=1S/C10H17N3/c11-6-8-3-5-13-10(8)9-2-1-4-12-7-9/h1-2,4,8-10,13H,3,5-7,11H2/t8-,9?,10+/m1/s1. The molecule has 0 spiro atoms. The highest BCUT2D eigenvalue weighted by molar-refractivity contribution is 5.72. The van der Waals surface area contributed by atoms with Crippen molar-refractivity contribution in [2.75, 3.05) is 19.6 Å². The van der Waals surface area contributed by atoms with Gasteiger partial charge in [-0.15, -0.1) is 0 Å². The van der Waals surface area contributed by atoms with Gasteiger partial charge in [0.1, 0.15) is 0 Å². The minimum atomic E-state index is 0.554. The average Bonchev–Trinajstić information content (AvgIpc) is 2.67. The highest BCUT2D eigenvalue weighted by Gasteiger charge is 2.31. The Hall–Kier alpha value is -0.670. The third-order valence-corrected chi connectivity index (χ3v) is 3.03. The Morgan fingerprint density at radius 1 is 1.54 bits per heavy atom. The molecule has 3 nitrogen and oxygen atoms in total. The molecule has 0 saturated carbocycles. The van der Waals surface area contributed by atoms with Crippen molar-refractivity contribution in [2.24, 2.45) is 22.6 Å². The number of aliphatic imine (C=N–C) groups is 1. The van der Waals surface area contributed by atoms with Crippen molar-refractivity contribution in [3.63, 3.8) is 0 Å². The van der Waals surface area contributed by atoms with E-state index in [-0.39, 0.29) is 0 Å². The van der Waals surface area contributed by atoms with Gasteiger partial charge in [-0.1, -0.05) is 6.08 Å². The number of nitrogens with two attached hydrogens (primary N) is 1. The molecule has 2 aliphatic rings. The molecule has 3 heteroatoms. The lowest BCUT2D eigenvalue weighted by Gasteiger charge is -2.25. The van der Waals surface area contributed by atoms with Gasteiger partial charge in [-0.05, 0) is 31.5 Å². The van der Waals surface area contributed by atoms with Crippen LogP contribution in [0.3, 0.4) is 0 Å². The lowest BCUT2D eigenvalue weighted by molar-refractivity contribution is 0.372. The van der Waals surface area contributed by atoms with Crippen LogP contribution in [0, 0.1) is 11.8 Å². The fourth-order valence-corrected chi connectivity index (χ4v) is 2.28. The summed E-state index contributed by atoms with van der Waals surface area (Å²) in [5.74, 6) is 1.20. The normalized spacial score (nSPS) is 38.4. The van der Waals surface area contributed by atoms with Crippen molar-refractivity contribution >= 4 is 6.21 Å². The molecule has 0 aliphatic carbocycles. The first-order chi connectivity index (χ1) is 6.42. The molecule has 2 aliphatic heterocycles. The minimum Gasteiger partial charge on any atom is -0.330 e. The maximum absolute atomic E-state index is 5.73. The van der Waals surface area contributed by atoms with Crippen molar-refractivity contribution in [3.8, 4) is 0 Å². The van der Waals surface area contributed by atoms with Gasteiger partial charge in [0.2, 0.25) is 0 Å². The second kappa shape index (κ2) is 4.03. The lowest BCUT2D eigenvalue weighted by Crippen LogP contribution is -2.39. The Labute approximate surface area is 79.1 Å². The largest absolute Gasteiger partial charge is 0.330 e. The topological polar surface area (TPSA) is 50.4 Å². The summed E-state index contributed by atoms with van der Waals surface area (Å²) in [7, 11) is 0. The lowest BCUT2D eigenvalue weighted by atomic mass is 9.88. The Bertz CT molecular complexity index is 222. The summed E-state index contributed by atoms with van der Waals surface area (Å²) < 4.78 is 0. The number of hydrogen-bond donors (Lipinski definition) is 2. The first-order valence-corrected chi connectivity index (χ1v) is 5.02. The molecule has 1 saturated heterocycles. The summed E-state index contributed by atoms with van der Waals surface area (Å²) in [5.41, 5.74) is 5.73. The maximum Gasteiger partial charge on any atom is 0.0467 e. The van der Waals surface area contributed by atoms with E-state index in [2.05, 4.69) is 16.4 Å². The van der Waals surface area contributed by atoms with E-state index >= 15 is 0 Å². The Morgan fingerprint density at radius 2 is 2.46 bits per heavy atom. The molecule has 1 fully saturated rings. The molecule has 0 aromatic rings. The van der Waals surface area contributed by atoms with E-state index in [1.165, 1.54) is 6.42 Å². The highest BCUT2D eigenvalue weighted by atomic mass is 15.0. The van der Waals surface area contributed by atoms with Gasteiger partial charge in [0.15, 0.2) is 0 Å². The second-order valence-corrected chi connectivity index (χ2v) is 3.83. The van der Waals surface area contributed by atoms with Crippen LogP contribution in [0.5, 0.6) is 0 Å². The van der Waals surface area contributed by atoms with Crippen LogP contribution in [-0.2, 0) is 0 Å². The SMILES string of the molecule is NC[C@H]1CCN[C@@H]1C1C=CC=NC1. The number of dihydropyridines is 1. The zero-order chi connectivity index (χ0) is 9.10. The molecule has 0 aromatic carbocycles. The number of nitrogens with one attached hydrogen (secondary N) is 1. The molecule has 2 heterocycles. The van der Waals surface area contributed by atoms with E-state index in [1.54, 1.807) is 0 Å². The van der Waals surface area contributed by atoms with Crippen molar-refractivity contribution in [1.82, 2.24) is 5.32 Å². The second-order valence-electron chi connectivity index (χ2n) is 3.83. The Balaban J connectivity index is 1.99. The van der Waals surface area contributed by atoms with Crippen molar-refractivity contribution < 1.29 is 0 Å². The van der Waals surface area contributed by atoms with Gasteiger partial charge in [-0.3, -0.25) is 4.99 Å². The fraction of sp³-hybridized carbons (Fsp3) is 0.700. The smallest absolute Gasteiger partial charge is 0.0467 e. The molecular weight excluding hydrogens is 162 g/mol. The maximum atomic E-state index is 5.73. The molecule has 3 atom stereocenters. The van der Waals surface area contributed by atoms with Gasteiger partial charge < -0.3 is 11.1 Å². The molecule has 0 radical (unpaired) electrons. The molecule has 72 valence electrons. The van der Waals surface area contributed by atoms with Gasteiger partial charge >= 0.3 is 0 Å². The third kappa shape index (κ3) is 1.81. The minimum absolute atomic E-state index is 0.554. The predicted molar refractivity (Wildman–Crippen MR) is 54.9 cm³/mol. The quantitative estimate of drug-likeness (QED) is 0.635. The number of allylic oxidation sites excluding steroid dienone is 1. The zero-order valence-corrected chi connectivity index (χ0v) is 7.82. The first-order valence-electron chi connectivity index (χ1n) is 5.02. The van der Waals surface area contributed by atoms with Gasteiger partial charge in [0.25, 0.3) is 0 Å². The summed E-state index contributed by atoms with van der Waals surface area (Å²) in [4.78, 5) is 4.28. The molecular formula is C10H17N3. The van der Waals surface area contributed by atoms with E-state index in [4.69, 9.17) is 5.73 Å². The van der Waals surface area contributed by atoms with E-state index in [0.717, 1.165) is 19.6 Å². The highest BCUT2D eigenvalue weighted by Crippen LogP contribution is 2.23. The van der Waals surface area contributed by atoms with E-state index in [0.29, 0.717) is 17.9 Å². The molecule has 0 aromatic heterocycles. The van der Waals surface area contributed by atoms with Crippen LogP contribution in [0.2, 0.25) is 0 Å². The van der Waals surface area contributed by atoms with Crippen molar-refractivity contribution in [3.05, 3.63) is 12.2 Å².